The standard InChI is InChI=1S/C7H5N2.3CH3.Sn/c1-2-6-9-7(3-1)4-5-8-9;;;;/h2-6H;3*1H3;. The third-order valence-corrected chi connectivity index (χ3v) is 8.10. The molecule has 0 unspecified atom stereocenters. The summed E-state index contributed by atoms with van der Waals surface area (Å²) in [5, 5.41) is 4.18. The minimum absolute atomic E-state index is 1.21. The van der Waals surface area contributed by atoms with Crippen LogP contribution in [-0.2, 0) is 0 Å². The van der Waals surface area contributed by atoms with Crippen LogP contribution in [0.5, 0.6) is 0 Å². The molecule has 0 saturated heterocycles. The Labute approximate surface area is 82.4 Å². The van der Waals surface area contributed by atoms with Gasteiger partial charge in [-0.1, -0.05) is 0 Å². The van der Waals surface area contributed by atoms with Gasteiger partial charge in [0.2, 0.25) is 0 Å². The zero-order valence-electron chi connectivity index (χ0n) is 8.28. The topological polar surface area (TPSA) is 17.3 Å². The predicted molar refractivity (Wildman–Crippen MR) is 58.2 cm³/mol. The summed E-state index contributed by atoms with van der Waals surface area (Å²) in [6.45, 7) is 0. The van der Waals surface area contributed by atoms with Gasteiger partial charge in [-0.05, 0) is 0 Å². The van der Waals surface area contributed by atoms with Gasteiger partial charge in [-0.15, -0.1) is 0 Å². The fraction of sp³-hybridized carbons (Fsp3) is 0.300. The first-order chi connectivity index (χ1) is 6.07. The maximum atomic E-state index is 4.18. The first kappa shape index (κ1) is 9.06. The third-order valence-electron chi connectivity index (χ3n) is 2.27. The molecule has 2 nitrogen and oxygen atoms in total. The summed E-state index contributed by atoms with van der Waals surface area (Å²) in [7, 11) is 0. The molecule has 0 aliphatic rings. The van der Waals surface area contributed by atoms with E-state index < -0.39 is 18.4 Å². The Morgan fingerprint density at radius 1 is 1.23 bits per heavy atom. The zero-order chi connectivity index (χ0) is 9.47. The number of aromatic nitrogens is 2. The summed E-state index contributed by atoms with van der Waals surface area (Å²) >= 11 is -1.87. The molecule has 2 aromatic rings. The number of hydrogen-bond donors (Lipinski definition) is 0. The van der Waals surface area contributed by atoms with Crippen molar-refractivity contribution in [3.05, 3.63) is 30.6 Å². The van der Waals surface area contributed by atoms with Gasteiger partial charge in [0.15, 0.2) is 0 Å². The van der Waals surface area contributed by atoms with Gasteiger partial charge >= 0.3 is 82.5 Å². The van der Waals surface area contributed by atoms with E-state index in [9.17, 15) is 0 Å². The van der Waals surface area contributed by atoms with Crippen LogP contribution >= 0.6 is 0 Å². The van der Waals surface area contributed by atoms with Crippen LogP contribution in [-0.4, -0.2) is 28.0 Å². The van der Waals surface area contributed by atoms with Crippen LogP contribution in [0.3, 0.4) is 0 Å². The van der Waals surface area contributed by atoms with Gasteiger partial charge in [0.05, 0.1) is 0 Å². The number of rotatable bonds is 1. The van der Waals surface area contributed by atoms with Crippen molar-refractivity contribution < 1.29 is 0 Å². The fourth-order valence-electron chi connectivity index (χ4n) is 1.39. The van der Waals surface area contributed by atoms with Gasteiger partial charge < -0.3 is 0 Å². The first-order valence-electron chi connectivity index (χ1n) is 4.51. The van der Waals surface area contributed by atoms with Gasteiger partial charge in [-0.3, -0.25) is 0 Å². The molecule has 2 heterocycles. The van der Waals surface area contributed by atoms with E-state index in [2.05, 4.69) is 44.3 Å². The van der Waals surface area contributed by atoms with Crippen LogP contribution < -0.4 is 3.58 Å². The Bertz CT molecular complexity index is 426. The van der Waals surface area contributed by atoms with E-state index in [4.69, 9.17) is 0 Å². The molecule has 68 valence electrons. The maximum absolute atomic E-state index is 4.18. The first-order valence-corrected chi connectivity index (χ1v) is 14.5. The van der Waals surface area contributed by atoms with Crippen molar-refractivity contribution in [2.45, 2.75) is 14.8 Å². The summed E-state index contributed by atoms with van der Waals surface area (Å²) in [4.78, 5) is 7.28. The summed E-state index contributed by atoms with van der Waals surface area (Å²) in [5.41, 5.74) is 1.21. The molecule has 0 aliphatic carbocycles. The molecule has 3 heteroatoms. The second-order valence-electron chi connectivity index (χ2n) is 4.37. The van der Waals surface area contributed by atoms with E-state index in [0.717, 1.165) is 0 Å². The molecule has 0 N–H and O–H groups in total. The van der Waals surface area contributed by atoms with Gasteiger partial charge in [-0.2, -0.15) is 0 Å². The van der Waals surface area contributed by atoms with Crippen molar-refractivity contribution in [1.29, 1.82) is 0 Å². The van der Waals surface area contributed by atoms with Crippen LogP contribution in [0.1, 0.15) is 0 Å². The Hall–Kier alpha value is -0.511. The Balaban J connectivity index is 2.61. The van der Waals surface area contributed by atoms with E-state index >= 15 is 0 Å². The second kappa shape index (κ2) is 3.01. The molecular weight excluding hydrogens is 267 g/mol. The van der Waals surface area contributed by atoms with Crippen LogP contribution in [0.25, 0.3) is 5.52 Å². The number of pyridine rings is 1. The quantitative estimate of drug-likeness (QED) is 0.729. The molecule has 0 spiro atoms. The molecule has 0 aromatic carbocycles. The molecular formula is C10H14N2Sn. The molecule has 0 amide bonds. The number of nitrogens with zero attached hydrogens (tertiary/aromatic N) is 2. The fourth-order valence-corrected chi connectivity index (χ4v) is 4.69. The molecule has 2 aromatic heterocycles. The molecule has 0 fully saturated rings. The van der Waals surface area contributed by atoms with Crippen molar-refractivity contribution in [2.24, 2.45) is 0 Å². The Morgan fingerprint density at radius 3 is 2.69 bits per heavy atom. The summed E-state index contributed by atoms with van der Waals surface area (Å²) in [5.74, 6) is 0. The second-order valence-corrected chi connectivity index (χ2v) is 18.9. The van der Waals surface area contributed by atoms with Crippen molar-refractivity contribution in [3.63, 3.8) is 0 Å². The molecule has 0 atom stereocenters. The SMILES string of the molecule is [CH3][Sn]([CH3])([CH3])[c]1ccn2nccc2c1. The van der Waals surface area contributed by atoms with E-state index in [1.54, 1.807) is 3.58 Å². The Morgan fingerprint density at radius 2 is 2.00 bits per heavy atom. The number of fused-ring (bicyclic) bond motifs is 1. The molecule has 0 radical (unpaired) electrons. The van der Waals surface area contributed by atoms with Gasteiger partial charge in [-0.25, -0.2) is 0 Å². The van der Waals surface area contributed by atoms with Gasteiger partial charge in [0.25, 0.3) is 0 Å². The van der Waals surface area contributed by atoms with Crippen molar-refractivity contribution in [1.82, 2.24) is 9.61 Å². The molecule has 2 rings (SSSR count). The summed E-state index contributed by atoms with van der Waals surface area (Å²) < 4.78 is 3.48. The third kappa shape index (κ3) is 1.72. The Kier molecular flexibility index (Phi) is 2.10. The van der Waals surface area contributed by atoms with Crippen molar-refractivity contribution in [2.75, 3.05) is 0 Å². The van der Waals surface area contributed by atoms with Crippen LogP contribution in [0.4, 0.5) is 0 Å². The van der Waals surface area contributed by atoms with E-state index in [1.807, 2.05) is 10.7 Å². The van der Waals surface area contributed by atoms with E-state index in [1.165, 1.54) is 5.52 Å². The minimum atomic E-state index is -1.87. The van der Waals surface area contributed by atoms with Crippen LogP contribution in [0.2, 0.25) is 14.8 Å². The molecule has 0 saturated carbocycles. The van der Waals surface area contributed by atoms with Crippen LogP contribution in [0, 0.1) is 0 Å². The molecule has 0 aliphatic heterocycles. The monoisotopic (exact) mass is 282 g/mol. The zero-order valence-corrected chi connectivity index (χ0v) is 11.1. The van der Waals surface area contributed by atoms with E-state index in [0.29, 0.717) is 0 Å². The number of hydrogen-bond acceptors (Lipinski definition) is 1. The average molecular weight is 281 g/mol. The molecule has 0 bridgehead atoms. The summed E-state index contributed by atoms with van der Waals surface area (Å²) in [6.07, 6.45) is 3.91. The normalized spacial score (nSPS) is 12.2. The molecule has 13 heavy (non-hydrogen) atoms. The van der Waals surface area contributed by atoms with Gasteiger partial charge in [0, 0.05) is 0 Å². The van der Waals surface area contributed by atoms with E-state index in [-0.39, 0.29) is 0 Å². The van der Waals surface area contributed by atoms with Crippen molar-refractivity contribution in [3.8, 4) is 0 Å². The van der Waals surface area contributed by atoms with Crippen LogP contribution in [0.15, 0.2) is 30.6 Å². The summed E-state index contributed by atoms with van der Waals surface area (Å²) in [6, 6.07) is 6.56. The average Bonchev–Trinajstić information content (AvgIpc) is 2.47. The predicted octanol–water partition coefficient (Wildman–Crippen LogP) is 1.88. The van der Waals surface area contributed by atoms with Crippen molar-refractivity contribution >= 4 is 27.5 Å². The van der Waals surface area contributed by atoms with Gasteiger partial charge in [0.1, 0.15) is 0 Å².